The van der Waals surface area contributed by atoms with Crippen molar-refractivity contribution in [1.82, 2.24) is 4.98 Å². The van der Waals surface area contributed by atoms with Crippen molar-refractivity contribution in [2.24, 2.45) is 0 Å². The van der Waals surface area contributed by atoms with Crippen LogP contribution in [0.1, 0.15) is 10.4 Å². The third-order valence-electron chi connectivity index (χ3n) is 2.13. The van der Waals surface area contributed by atoms with Crippen molar-refractivity contribution in [2.75, 3.05) is 0 Å². The molecule has 3 nitrogen and oxygen atoms in total. The van der Waals surface area contributed by atoms with E-state index in [0.717, 1.165) is 0 Å². The van der Waals surface area contributed by atoms with Crippen LogP contribution >= 0.6 is 11.6 Å². The van der Waals surface area contributed by atoms with Crippen molar-refractivity contribution >= 4 is 17.6 Å². The lowest BCUT2D eigenvalue weighted by atomic mass is 10.2. The predicted octanol–water partition coefficient (Wildman–Crippen LogP) is 3.37. The Balaban J connectivity index is 2.27. The lowest BCUT2D eigenvalue weighted by Gasteiger charge is -2.05. The van der Waals surface area contributed by atoms with Crippen LogP contribution in [-0.2, 0) is 0 Å². The number of nitrogens with zero attached hydrogens (tertiary/aromatic N) is 1. The van der Waals surface area contributed by atoms with Gasteiger partial charge in [0.2, 0.25) is 5.95 Å². The van der Waals surface area contributed by atoms with Gasteiger partial charge in [-0.2, -0.15) is 13.8 Å². The van der Waals surface area contributed by atoms with E-state index >= 15 is 0 Å². The average Bonchev–Trinajstić information content (AvgIpc) is 2.36. The van der Waals surface area contributed by atoms with E-state index in [2.05, 4.69) is 4.98 Å². The smallest absolute Gasteiger partial charge is 0.346 e. The summed E-state index contributed by atoms with van der Waals surface area (Å²) in [4.78, 5) is 14.2. The molecule has 0 bridgehead atoms. The zero-order valence-electron chi connectivity index (χ0n) is 9.16. The number of carbonyl (C=O) groups excluding carboxylic acids is 1. The van der Waals surface area contributed by atoms with Gasteiger partial charge in [-0.05, 0) is 24.3 Å². The topological polar surface area (TPSA) is 39.2 Å². The number of esters is 1. The Morgan fingerprint density at radius 2 is 1.79 bits per heavy atom. The fourth-order valence-electron chi connectivity index (χ4n) is 1.28. The monoisotopic (exact) mass is 287 g/mol. The second kappa shape index (κ2) is 5.27. The normalized spacial score (nSPS) is 10.3. The SMILES string of the molecule is O=C(Oc1ccc(Cl)cc1)c1cc(F)nc(F)c1F. The molecule has 0 aliphatic carbocycles. The fraction of sp³-hybridized carbons (Fsp3) is 0. The van der Waals surface area contributed by atoms with Gasteiger partial charge in [0.1, 0.15) is 11.3 Å². The minimum atomic E-state index is -1.71. The fourth-order valence-corrected chi connectivity index (χ4v) is 1.41. The second-order valence-corrected chi connectivity index (χ2v) is 3.88. The highest BCUT2D eigenvalue weighted by atomic mass is 35.5. The molecule has 0 radical (unpaired) electrons. The Kier molecular flexibility index (Phi) is 3.71. The number of halogens is 4. The molecule has 1 heterocycles. The maximum Gasteiger partial charge on any atom is 0.346 e. The van der Waals surface area contributed by atoms with E-state index in [1.54, 1.807) is 0 Å². The summed E-state index contributed by atoms with van der Waals surface area (Å²) in [5.41, 5.74) is -0.875. The third kappa shape index (κ3) is 3.03. The van der Waals surface area contributed by atoms with Gasteiger partial charge in [-0.25, -0.2) is 9.18 Å². The van der Waals surface area contributed by atoms with Crippen LogP contribution < -0.4 is 4.74 Å². The van der Waals surface area contributed by atoms with Crippen molar-refractivity contribution in [3.63, 3.8) is 0 Å². The summed E-state index contributed by atoms with van der Waals surface area (Å²) in [6, 6.07) is 6.04. The molecule has 0 spiro atoms. The van der Waals surface area contributed by atoms with E-state index in [1.165, 1.54) is 24.3 Å². The Hall–Kier alpha value is -2.08. The molecule has 0 fully saturated rings. The van der Waals surface area contributed by atoms with Crippen molar-refractivity contribution in [2.45, 2.75) is 0 Å². The van der Waals surface area contributed by atoms with Crippen LogP contribution in [0, 0.1) is 17.7 Å². The zero-order chi connectivity index (χ0) is 14.0. The van der Waals surface area contributed by atoms with Gasteiger partial charge in [0.25, 0.3) is 5.95 Å². The van der Waals surface area contributed by atoms with Gasteiger partial charge in [0.05, 0.1) is 0 Å². The van der Waals surface area contributed by atoms with Crippen molar-refractivity contribution in [1.29, 1.82) is 0 Å². The number of benzene rings is 1. The van der Waals surface area contributed by atoms with Crippen molar-refractivity contribution in [3.05, 3.63) is 58.6 Å². The summed E-state index contributed by atoms with van der Waals surface area (Å²) in [7, 11) is 0. The molecule has 0 aliphatic heterocycles. The minimum Gasteiger partial charge on any atom is -0.423 e. The lowest BCUT2D eigenvalue weighted by Crippen LogP contribution is -2.13. The first kappa shape index (κ1) is 13.4. The Labute approximate surface area is 110 Å². The van der Waals surface area contributed by atoms with Crippen LogP contribution in [0.15, 0.2) is 30.3 Å². The number of hydrogen-bond donors (Lipinski definition) is 0. The van der Waals surface area contributed by atoms with Crippen molar-refractivity contribution < 1.29 is 22.7 Å². The van der Waals surface area contributed by atoms with Gasteiger partial charge in [-0.3, -0.25) is 0 Å². The van der Waals surface area contributed by atoms with Gasteiger partial charge in [-0.1, -0.05) is 11.6 Å². The summed E-state index contributed by atoms with van der Waals surface area (Å²) >= 11 is 5.62. The molecule has 98 valence electrons. The summed E-state index contributed by atoms with van der Waals surface area (Å²) in [5.74, 6) is -5.77. The van der Waals surface area contributed by atoms with Crippen LogP contribution in [-0.4, -0.2) is 11.0 Å². The third-order valence-corrected chi connectivity index (χ3v) is 2.38. The van der Waals surface area contributed by atoms with Crippen LogP contribution in [0.4, 0.5) is 13.2 Å². The summed E-state index contributed by atoms with van der Waals surface area (Å²) in [6.07, 6.45) is 0. The molecule has 19 heavy (non-hydrogen) atoms. The predicted molar refractivity (Wildman–Crippen MR) is 60.5 cm³/mol. The molecule has 7 heteroatoms. The minimum absolute atomic E-state index is 0.0615. The maximum absolute atomic E-state index is 13.3. The molecule has 0 saturated carbocycles. The first-order valence-corrected chi connectivity index (χ1v) is 5.34. The highest BCUT2D eigenvalue weighted by Crippen LogP contribution is 2.18. The number of ether oxygens (including phenoxy) is 1. The van der Waals surface area contributed by atoms with E-state index in [4.69, 9.17) is 16.3 Å². The van der Waals surface area contributed by atoms with E-state index in [1.807, 2.05) is 0 Å². The van der Waals surface area contributed by atoms with Crippen LogP contribution in [0.25, 0.3) is 0 Å². The number of hydrogen-bond acceptors (Lipinski definition) is 3. The van der Waals surface area contributed by atoms with E-state index in [-0.39, 0.29) is 5.75 Å². The van der Waals surface area contributed by atoms with Gasteiger partial charge in [0.15, 0.2) is 5.82 Å². The maximum atomic E-state index is 13.3. The standard InChI is InChI=1S/C12H5ClF3NO2/c13-6-1-3-7(4-2-6)19-12(18)8-5-9(14)17-11(16)10(8)15/h1-5H. The van der Waals surface area contributed by atoms with E-state index in [9.17, 15) is 18.0 Å². The van der Waals surface area contributed by atoms with E-state index in [0.29, 0.717) is 11.1 Å². The number of rotatable bonds is 2. The van der Waals surface area contributed by atoms with Gasteiger partial charge in [-0.15, -0.1) is 0 Å². The molecule has 0 unspecified atom stereocenters. The first-order chi connectivity index (χ1) is 8.97. The van der Waals surface area contributed by atoms with Crippen LogP contribution in [0.2, 0.25) is 5.02 Å². The van der Waals surface area contributed by atoms with Gasteiger partial charge in [0, 0.05) is 11.1 Å². The molecular weight excluding hydrogens is 283 g/mol. The molecule has 2 rings (SSSR count). The molecular formula is C12H5ClF3NO2. The molecule has 0 atom stereocenters. The van der Waals surface area contributed by atoms with Crippen LogP contribution in [0.5, 0.6) is 5.75 Å². The van der Waals surface area contributed by atoms with Gasteiger partial charge < -0.3 is 4.74 Å². The zero-order valence-corrected chi connectivity index (χ0v) is 9.92. The second-order valence-electron chi connectivity index (χ2n) is 3.44. The molecule has 0 saturated heterocycles. The number of aromatic nitrogens is 1. The molecule has 1 aromatic carbocycles. The largest absolute Gasteiger partial charge is 0.423 e. The van der Waals surface area contributed by atoms with Crippen molar-refractivity contribution in [3.8, 4) is 5.75 Å². The quantitative estimate of drug-likeness (QED) is 0.483. The molecule has 1 aromatic heterocycles. The highest BCUT2D eigenvalue weighted by Gasteiger charge is 2.20. The van der Waals surface area contributed by atoms with Gasteiger partial charge >= 0.3 is 5.97 Å². The molecule has 0 N–H and O–H groups in total. The summed E-state index contributed by atoms with van der Waals surface area (Å²) < 4.78 is 43.7. The summed E-state index contributed by atoms with van der Waals surface area (Å²) in [6.45, 7) is 0. The number of pyridine rings is 1. The number of carbonyl (C=O) groups is 1. The first-order valence-electron chi connectivity index (χ1n) is 4.96. The Morgan fingerprint density at radius 3 is 2.42 bits per heavy atom. The summed E-state index contributed by atoms with van der Waals surface area (Å²) in [5, 5.41) is 0.409. The van der Waals surface area contributed by atoms with E-state index < -0.39 is 29.2 Å². The molecule has 2 aromatic rings. The molecule has 0 aliphatic rings. The Morgan fingerprint density at radius 1 is 1.16 bits per heavy atom. The average molecular weight is 288 g/mol. The molecule has 0 amide bonds. The van der Waals surface area contributed by atoms with Crippen LogP contribution in [0.3, 0.4) is 0 Å². The lowest BCUT2D eigenvalue weighted by molar-refractivity contribution is 0.0727. The Bertz CT molecular complexity index is 632. The highest BCUT2D eigenvalue weighted by molar-refractivity contribution is 6.30.